The summed E-state index contributed by atoms with van der Waals surface area (Å²) in [5.74, 6) is -1.15. The van der Waals surface area contributed by atoms with Gasteiger partial charge in [0.1, 0.15) is 6.04 Å². The molecule has 1 amide bonds. The van der Waals surface area contributed by atoms with Crippen LogP contribution in [-0.2, 0) is 16.0 Å². The molecule has 1 aliphatic heterocycles. The molecule has 0 bridgehead atoms. The summed E-state index contributed by atoms with van der Waals surface area (Å²) < 4.78 is 0. The van der Waals surface area contributed by atoms with E-state index in [0.717, 1.165) is 11.1 Å². The van der Waals surface area contributed by atoms with Crippen LogP contribution in [0.5, 0.6) is 0 Å². The Bertz CT molecular complexity index is 501. The highest BCUT2D eigenvalue weighted by Crippen LogP contribution is 2.19. The average molecular weight is 262 g/mol. The topological polar surface area (TPSA) is 83.6 Å². The van der Waals surface area contributed by atoms with Crippen LogP contribution in [0.15, 0.2) is 24.3 Å². The molecule has 102 valence electrons. The van der Waals surface area contributed by atoms with Gasteiger partial charge in [-0.2, -0.15) is 0 Å². The number of nitrogens with two attached hydrogens (primary N) is 1. The lowest BCUT2D eigenvalue weighted by atomic mass is 10.1. The summed E-state index contributed by atoms with van der Waals surface area (Å²) in [6.45, 7) is 2.26. The van der Waals surface area contributed by atoms with Gasteiger partial charge < -0.3 is 15.7 Å². The fourth-order valence-electron chi connectivity index (χ4n) is 2.45. The Hall–Kier alpha value is -1.88. The molecule has 2 atom stereocenters. The van der Waals surface area contributed by atoms with E-state index >= 15 is 0 Å². The number of hydrogen-bond acceptors (Lipinski definition) is 3. The second-order valence-electron chi connectivity index (χ2n) is 5.00. The van der Waals surface area contributed by atoms with E-state index in [9.17, 15) is 9.59 Å². The van der Waals surface area contributed by atoms with E-state index in [1.165, 1.54) is 4.90 Å². The van der Waals surface area contributed by atoms with Crippen LogP contribution in [0, 0.1) is 6.92 Å². The molecule has 1 aromatic rings. The molecule has 5 heteroatoms. The van der Waals surface area contributed by atoms with Crippen molar-refractivity contribution < 1.29 is 14.7 Å². The van der Waals surface area contributed by atoms with E-state index in [4.69, 9.17) is 10.8 Å². The van der Waals surface area contributed by atoms with E-state index in [2.05, 4.69) is 0 Å². The third-order valence-electron chi connectivity index (χ3n) is 3.54. The summed E-state index contributed by atoms with van der Waals surface area (Å²) in [5, 5.41) is 9.12. The van der Waals surface area contributed by atoms with Gasteiger partial charge in [0.05, 0.1) is 6.42 Å². The molecule has 0 radical (unpaired) electrons. The second kappa shape index (κ2) is 5.40. The maximum absolute atomic E-state index is 12.2. The summed E-state index contributed by atoms with van der Waals surface area (Å²) in [6, 6.07) is 6.58. The minimum atomic E-state index is -0.980. The molecule has 2 unspecified atom stereocenters. The lowest BCUT2D eigenvalue weighted by molar-refractivity contribution is -0.148. The minimum Gasteiger partial charge on any atom is -0.480 e. The number of aryl methyl sites for hydroxylation is 1. The van der Waals surface area contributed by atoms with Crippen molar-refractivity contribution in [2.75, 3.05) is 6.54 Å². The highest BCUT2D eigenvalue weighted by molar-refractivity contribution is 5.86. The van der Waals surface area contributed by atoms with E-state index in [0.29, 0.717) is 13.0 Å². The first-order valence-electron chi connectivity index (χ1n) is 6.31. The number of nitrogens with zero attached hydrogens (tertiary/aromatic N) is 1. The standard InChI is InChI=1S/C14H18N2O3/c1-9-4-2-3-5-10(9)6-13(17)16-8-11(15)7-12(16)14(18)19/h2-5,11-12H,6-8,15H2,1H3,(H,18,19). The van der Waals surface area contributed by atoms with Crippen LogP contribution in [0.2, 0.25) is 0 Å². The molecule has 5 nitrogen and oxygen atoms in total. The van der Waals surface area contributed by atoms with Gasteiger partial charge in [0.15, 0.2) is 0 Å². The zero-order valence-electron chi connectivity index (χ0n) is 10.9. The normalized spacial score (nSPS) is 22.5. The first kappa shape index (κ1) is 13.5. The van der Waals surface area contributed by atoms with Gasteiger partial charge in [-0.25, -0.2) is 4.79 Å². The molecule has 1 fully saturated rings. The quantitative estimate of drug-likeness (QED) is 0.833. The van der Waals surface area contributed by atoms with Crippen LogP contribution >= 0.6 is 0 Å². The number of hydrogen-bond donors (Lipinski definition) is 2. The van der Waals surface area contributed by atoms with Crippen LogP contribution in [0.25, 0.3) is 0 Å². The molecule has 2 rings (SSSR count). The Labute approximate surface area is 112 Å². The first-order valence-corrected chi connectivity index (χ1v) is 6.31. The second-order valence-corrected chi connectivity index (χ2v) is 5.00. The van der Waals surface area contributed by atoms with Gasteiger partial charge in [-0.05, 0) is 24.5 Å². The molecule has 1 saturated heterocycles. The SMILES string of the molecule is Cc1ccccc1CC(=O)N1CC(N)CC1C(=O)O. The Morgan fingerprint density at radius 2 is 2.11 bits per heavy atom. The fourth-order valence-corrected chi connectivity index (χ4v) is 2.45. The van der Waals surface area contributed by atoms with Crippen molar-refractivity contribution in [2.45, 2.75) is 31.8 Å². The lowest BCUT2D eigenvalue weighted by Gasteiger charge is -2.21. The number of carbonyl (C=O) groups excluding carboxylic acids is 1. The number of likely N-dealkylation sites (tertiary alicyclic amines) is 1. The Balaban J connectivity index is 2.11. The average Bonchev–Trinajstić information content (AvgIpc) is 2.74. The van der Waals surface area contributed by atoms with Gasteiger partial charge in [-0.15, -0.1) is 0 Å². The molecule has 0 spiro atoms. The summed E-state index contributed by atoms with van der Waals surface area (Å²) in [5.41, 5.74) is 7.72. The lowest BCUT2D eigenvalue weighted by Crippen LogP contribution is -2.41. The maximum Gasteiger partial charge on any atom is 0.326 e. The van der Waals surface area contributed by atoms with Gasteiger partial charge in [-0.3, -0.25) is 4.79 Å². The van der Waals surface area contributed by atoms with E-state index in [1.807, 2.05) is 31.2 Å². The van der Waals surface area contributed by atoms with Crippen molar-refractivity contribution in [3.63, 3.8) is 0 Å². The first-order chi connectivity index (χ1) is 8.99. The van der Waals surface area contributed by atoms with Crippen molar-refractivity contribution in [3.8, 4) is 0 Å². The Morgan fingerprint density at radius 3 is 2.74 bits per heavy atom. The number of benzene rings is 1. The highest BCUT2D eigenvalue weighted by atomic mass is 16.4. The number of carbonyl (C=O) groups is 2. The molecule has 0 aromatic heterocycles. The fraction of sp³-hybridized carbons (Fsp3) is 0.429. The van der Waals surface area contributed by atoms with Crippen molar-refractivity contribution >= 4 is 11.9 Å². The number of rotatable bonds is 3. The van der Waals surface area contributed by atoms with E-state index in [1.54, 1.807) is 0 Å². The predicted octanol–water partition coefficient (Wildman–Crippen LogP) is 0.550. The summed E-state index contributed by atoms with van der Waals surface area (Å²) in [6.07, 6.45) is 0.554. The van der Waals surface area contributed by atoms with E-state index < -0.39 is 12.0 Å². The van der Waals surface area contributed by atoms with Crippen molar-refractivity contribution in [1.29, 1.82) is 0 Å². The smallest absolute Gasteiger partial charge is 0.326 e. The molecule has 3 N–H and O–H groups in total. The zero-order chi connectivity index (χ0) is 14.0. The Morgan fingerprint density at radius 1 is 1.42 bits per heavy atom. The molecular weight excluding hydrogens is 244 g/mol. The Kier molecular flexibility index (Phi) is 3.85. The molecule has 19 heavy (non-hydrogen) atoms. The summed E-state index contributed by atoms with van der Waals surface area (Å²) in [4.78, 5) is 24.8. The highest BCUT2D eigenvalue weighted by Gasteiger charge is 2.37. The minimum absolute atomic E-state index is 0.172. The van der Waals surface area contributed by atoms with E-state index in [-0.39, 0.29) is 18.4 Å². The van der Waals surface area contributed by atoms with Crippen LogP contribution in [-0.4, -0.2) is 40.5 Å². The monoisotopic (exact) mass is 262 g/mol. The van der Waals surface area contributed by atoms with Gasteiger partial charge in [-0.1, -0.05) is 24.3 Å². The number of aliphatic carboxylic acids is 1. The zero-order valence-corrected chi connectivity index (χ0v) is 10.9. The molecule has 0 aliphatic carbocycles. The molecule has 1 aliphatic rings. The van der Waals surface area contributed by atoms with Crippen LogP contribution < -0.4 is 5.73 Å². The van der Waals surface area contributed by atoms with Gasteiger partial charge in [0, 0.05) is 12.6 Å². The molecule has 1 heterocycles. The van der Waals surface area contributed by atoms with Crippen LogP contribution in [0.3, 0.4) is 0 Å². The molecular formula is C14H18N2O3. The van der Waals surface area contributed by atoms with Gasteiger partial charge >= 0.3 is 5.97 Å². The van der Waals surface area contributed by atoms with Crippen molar-refractivity contribution in [3.05, 3.63) is 35.4 Å². The third kappa shape index (κ3) is 2.93. The van der Waals surface area contributed by atoms with Gasteiger partial charge in [0.2, 0.25) is 5.91 Å². The third-order valence-corrected chi connectivity index (χ3v) is 3.54. The maximum atomic E-state index is 12.2. The van der Waals surface area contributed by atoms with Crippen molar-refractivity contribution in [1.82, 2.24) is 4.90 Å². The van der Waals surface area contributed by atoms with Crippen LogP contribution in [0.4, 0.5) is 0 Å². The number of amides is 1. The predicted molar refractivity (Wildman–Crippen MR) is 70.6 cm³/mol. The van der Waals surface area contributed by atoms with Gasteiger partial charge in [0.25, 0.3) is 0 Å². The molecule has 1 aromatic carbocycles. The largest absolute Gasteiger partial charge is 0.480 e. The van der Waals surface area contributed by atoms with Crippen molar-refractivity contribution in [2.24, 2.45) is 5.73 Å². The van der Waals surface area contributed by atoms with Crippen LogP contribution in [0.1, 0.15) is 17.5 Å². The summed E-state index contributed by atoms with van der Waals surface area (Å²) >= 11 is 0. The number of carboxylic acids is 1. The summed E-state index contributed by atoms with van der Waals surface area (Å²) in [7, 11) is 0. The number of carboxylic acid groups (broad SMARTS) is 1. The molecule has 0 saturated carbocycles.